The number of rotatable bonds is 5. The van der Waals surface area contributed by atoms with Gasteiger partial charge in [-0.25, -0.2) is 12.7 Å². The number of sulfonamides is 1. The summed E-state index contributed by atoms with van der Waals surface area (Å²) in [5.41, 5.74) is 0. The Kier molecular flexibility index (Phi) is 5.22. The lowest BCUT2D eigenvalue weighted by molar-refractivity contribution is 0.125. The van der Waals surface area contributed by atoms with E-state index in [9.17, 15) is 8.42 Å². The van der Waals surface area contributed by atoms with E-state index in [1.165, 1.54) is 0 Å². The topological polar surface area (TPSA) is 58.6 Å². The highest BCUT2D eigenvalue weighted by molar-refractivity contribution is 7.89. The molecular weight excluding hydrogens is 264 g/mol. The maximum Gasteiger partial charge on any atom is 0.216 e. The van der Waals surface area contributed by atoms with E-state index in [1.807, 2.05) is 7.05 Å². The molecule has 0 spiro atoms. The Morgan fingerprint density at radius 2 is 1.89 bits per heavy atom. The first-order valence-electron chi connectivity index (χ1n) is 7.27. The molecule has 0 aromatic rings. The molecule has 1 unspecified atom stereocenters. The van der Waals surface area contributed by atoms with Gasteiger partial charge in [0.2, 0.25) is 10.0 Å². The van der Waals surface area contributed by atoms with Crippen LogP contribution in [0.3, 0.4) is 0 Å². The SMILES string of the molecule is CNC1CCC(N(C)S(=O)(=O)CC2CCCO2)CC1. The number of ether oxygens (including phenoxy) is 1. The van der Waals surface area contributed by atoms with Crippen molar-refractivity contribution in [3.05, 3.63) is 0 Å². The van der Waals surface area contributed by atoms with Gasteiger partial charge in [0.15, 0.2) is 0 Å². The predicted octanol–water partition coefficient (Wildman–Crippen LogP) is 0.958. The van der Waals surface area contributed by atoms with Crippen molar-refractivity contribution in [1.29, 1.82) is 0 Å². The molecule has 5 nitrogen and oxygen atoms in total. The van der Waals surface area contributed by atoms with Crippen LogP contribution in [-0.2, 0) is 14.8 Å². The van der Waals surface area contributed by atoms with Crippen molar-refractivity contribution in [3.63, 3.8) is 0 Å². The predicted molar refractivity (Wildman–Crippen MR) is 75.6 cm³/mol. The van der Waals surface area contributed by atoms with Crippen molar-refractivity contribution < 1.29 is 13.2 Å². The highest BCUT2D eigenvalue weighted by Crippen LogP contribution is 2.25. The van der Waals surface area contributed by atoms with E-state index in [0.29, 0.717) is 12.6 Å². The molecule has 112 valence electrons. The van der Waals surface area contributed by atoms with Gasteiger partial charge < -0.3 is 10.1 Å². The van der Waals surface area contributed by atoms with Crippen LogP contribution < -0.4 is 5.32 Å². The lowest BCUT2D eigenvalue weighted by atomic mass is 9.91. The first kappa shape index (κ1) is 15.2. The Morgan fingerprint density at radius 3 is 2.42 bits per heavy atom. The van der Waals surface area contributed by atoms with Crippen LogP contribution in [0.5, 0.6) is 0 Å². The van der Waals surface area contributed by atoms with Crippen molar-refractivity contribution in [2.24, 2.45) is 0 Å². The summed E-state index contributed by atoms with van der Waals surface area (Å²) in [6, 6.07) is 0.710. The van der Waals surface area contributed by atoms with Gasteiger partial charge in [-0.15, -0.1) is 0 Å². The van der Waals surface area contributed by atoms with E-state index >= 15 is 0 Å². The minimum absolute atomic E-state index is 0.0962. The van der Waals surface area contributed by atoms with Crippen LogP contribution >= 0.6 is 0 Å². The minimum Gasteiger partial charge on any atom is -0.377 e. The number of hydrogen-bond donors (Lipinski definition) is 1. The van der Waals surface area contributed by atoms with Gasteiger partial charge in [0.05, 0.1) is 11.9 Å². The molecule has 1 saturated heterocycles. The normalized spacial score (nSPS) is 32.9. The minimum atomic E-state index is -3.18. The smallest absolute Gasteiger partial charge is 0.216 e. The molecule has 0 aromatic heterocycles. The summed E-state index contributed by atoms with van der Waals surface area (Å²) >= 11 is 0. The second-order valence-corrected chi connectivity index (χ2v) is 7.80. The Labute approximate surface area is 116 Å². The number of nitrogens with zero attached hydrogens (tertiary/aromatic N) is 1. The van der Waals surface area contributed by atoms with Crippen LogP contribution in [0.15, 0.2) is 0 Å². The third kappa shape index (κ3) is 3.90. The van der Waals surface area contributed by atoms with Gasteiger partial charge in [-0.05, 0) is 45.6 Å². The van der Waals surface area contributed by atoms with E-state index in [4.69, 9.17) is 4.74 Å². The third-order valence-corrected chi connectivity index (χ3v) is 6.45. The third-order valence-electron chi connectivity index (χ3n) is 4.48. The fourth-order valence-electron chi connectivity index (χ4n) is 3.08. The fourth-order valence-corrected chi connectivity index (χ4v) is 4.72. The van der Waals surface area contributed by atoms with Crippen molar-refractivity contribution >= 4 is 10.0 Å². The molecule has 0 radical (unpaired) electrons. The summed E-state index contributed by atoms with van der Waals surface area (Å²) in [6.45, 7) is 0.706. The van der Waals surface area contributed by atoms with Crippen LogP contribution in [0, 0.1) is 0 Å². The van der Waals surface area contributed by atoms with Gasteiger partial charge in [-0.2, -0.15) is 0 Å². The monoisotopic (exact) mass is 290 g/mol. The highest BCUT2D eigenvalue weighted by Gasteiger charge is 2.32. The van der Waals surface area contributed by atoms with Gasteiger partial charge in [0.1, 0.15) is 0 Å². The molecule has 1 aliphatic carbocycles. The van der Waals surface area contributed by atoms with Gasteiger partial charge in [0, 0.05) is 25.7 Å². The maximum atomic E-state index is 12.4. The van der Waals surface area contributed by atoms with E-state index in [-0.39, 0.29) is 17.9 Å². The average Bonchev–Trinajstić information content (AvgIpc) is 2.90. The van der Waals surface area contributed by atoms with Crippen molar-refractivity contribution in [3.8, 4) is 0 Å². The molecule has 0 amide bonds. The molecule has 19 heavy (non-hydrogen) atoms. The van der Waals surface area contributed by atoms with Crippen LogP contribution in [0.2, 0.25) is 0 Å². The zero-order valence-corrected chi connectivity index (χ0v) is 12.8. The summed E-state index contributed by atoms with van der Waals surface area (Å²) in [4.78, 5) is 0. The maximum absolute atomic E-state index is 12.4. The standard InChI is InChI=1S/C13H26N2O3S/c1-14-11-5-7-12(8-6-11)15(2)19(16,17)10-13-4-3-9-18-13/h11-14H,3-10H2,1-2H3. The Balaban J connectivity index is 1.88. The zero-order valence-electron chi connectivity index (χ0n) is 12.0. The number of hydrogen-bond acceptors (Lipinski definition) is 4. The highest BCUT2D eigenvalue weighted by atomic mass is 32.2. The van der Waals surface area contributed by atoms with E-state index in [2.05, 4.69) is 5.32 Å². The summed E-state index contributed by atoms with van der Waals surface area (Å²) in [6.07, 6.45) is 5.78. The summed E-state index contributed by atoms with van der Waals surface area (Å²) < 4.78 is 31.8. The Hall–Kier alpha value is -0.170. The number of nitrogens with one attached hydrogen (secondary N) is 1. The molecule has 1 aliphatic heterocycles. The van der Waals surface area contributed by atoms with E-state index in [1.54, 1.807) is 11.4 Å². The quantitative estimate of drug-likeness (QED) is 0.819. The van der Waals surface area contributed by atoms with Crippen molar-refractivity contribution in [1.82, 2.24) is 9.62 Å². The fraction of sp³-hybridized carbons (Fsp3) is 1.00. The summed E-state index contributed by atoms with van der Waals surface area (Å²) in [7, 11) is 0.526. The molecule has 1 saturated carbocycles. The first-order valence-corrected chi connectivity index (χ1v) is 8.88. The van der Waals surface area contributed by atoms with E-state index in [0.717, 1.165) is 38.5 Å². The molecular formula is C13H26N2O3S. The molecule has 1 heterocycles. The average molecular weight is 290 g/mol. The molecule has 2 aliphatic rings. The molecule has 1 atom stereocenters. The largest absolute Gasteiger partial charge is 0.377 e. The molecule has 2 fully saturated rings. The van der Waals surface area contributed by atoms with Crippen LogP contribution in [0.1, 0.15) is 38.5 Å². The van der Waals surface area contributed by atoms with Crippen molar-refractivity contribution in [2.75, 3.05) is 26.5 Å². The van der Waals surface area contributed by atoms with Gasteiger partial charge in [-0.1, -0.05) is 0 Å². The van der Waals surface area contributed by atoms with Crippen LogP contribution in [0.25, 0.3) is 0 Å². The molecule has 2 rings (SSSR count). The Morgan fingerprint density at radius 1 is 1.21 bits per heavy atom. The zero-order chi connectivity index (χ0) is 13.9. The summed E-state index contributed by atoms with van der Waals surface area (Å²) in [5.74, 6) is 0.148. The van der Waals surface area contributed by atoms with Gasteiger partial charge >= 0.3 is 0 Å². The van der Waals surface area contributed by atoms with Gasteiger partial charge in [-0.3, -0.25) is 0 Å². The molecule has 1 N–H and O–H groups in total. The van der Waals surface area contributed by atoms with Crippen LogP contribution in [-0.4, -0.2) is 57.4 Å². The molecule has 6 heteroatoms. The summed E-state index contributed by atoms with van der Waals surface area (Å²) in [5, 5.41) is 3.27. The van der Waals surface area contributed by atoms with Crippen LogP contribution in [0.4, 0.5) is 0 Å². The lowest BCUT2D eigenvalue weighted by Gasteiger charge is -2.34. The van der Waals surface area contributed by atoms with Crippen molar-refractivity contribution in [2.45, 2.75) is 56.7 Å². The Bertz CT molecular complexity index is 371. The second-order valence-electron chi connectivity index (χ2n) is 5.72. The molecule has 0 bridgehead atoms. The lowest BCUT2D eigenvalue weighted by Crippen LogP contribution is -2.44. The first-order chi connectivity index (χ1) is 9.03. The molecule has 0 aromatic carbocycles. The second kappa shape index (κ2) is 6.52. The van der Waals surface area contributed by atoms with Gasteiger partial charge in [0.25, 0.3) is 0 Å². The van der Waals surface area contributed by atoms with E-state index < -0.39 is 10.0 Å².